The molecule has 0 saturated heterocycles. The molecule has 4 aromatic heterocycles. The minimum atomic E-state index is -1.50. The summed E-state index contributed by atoms with van der Waals surface area (Å²) in [5, 5.41) is 0. The molecule has 4 aromatic rings. The number of fused-ring (bicyclic) bond motifs is 4. The molecule has 0 fully saturated rings. The summed E-state index contributed by atoms with van der Waals surface area (Å²) in [6, 6.07) is 10.0. The fourth-order valence-corrected chi connectivity index (χ4v) is 19.9. The van der Waals surface area contributed by atoms with Crippen LogP contribution in [0.15, 0.2) is 38.3 Å². The molecule has 2 aliphatic rings. The van der Waals surface area contributed by atoms with Crippen LogP contribution in [-0.2, 0) is 11.8 Å². The van der Waals surface area contributed by atoms with Crippen LogP contribution in [0, 0.1) is 12.8 Å². The van der Waals surface area contributed by atoms with Gasteiger partial charge in [0.2, 0.25) is 0 Å². The number of unbranched alkanes of at least 4 members (excludes halogenated alkanes) is 10. The highest BCUT2D eigenvalue weighted by atomic mass is 32.3. The van der Waals surface area contributed by atoms with Gasteiger partial charge in [0.15, 0.2) is 0 Å². The van der Waals surface area contributed by atoms with E-state index in [-0.39, 0.29) is 17.2 Å². The van der Waals surface area contributed by atoms with E-state index in [1.165, 1.54) is 125 Å². The van der Waals surface area contributed by atoms with Crippen LogP contribution in [0.1, 0.15) is 208 Å². The molecular formula is C50H77NO2S5. The van der Waals surface area contributed by atoms with E-state index in [2.05, 4.69) is 91.0 Å². The van der Waals surface area contributed by atoms with Crippen LogP contribution in [0.25, 0.3) is 19.5 Å². The number of nitrogens with zero attached hydrogens (tertiary/aromatic N) is 1. The first-order valence-corrected chi connectivity index (χ1v) is 28.2. The van der Waals surface area contributed by atoms with Crippen molar-refractivity contribution in [2.45, 2.75) is 205 Å². The van der Waals surface area contributed by atoms with Crippen LogP contribution < -0.4 is 0 Å². The molecule has 2 aliphatic heterocycles. The summed E-state index contributed by atoms with van der Waals surface area (Å²) in [6.07, 6.45) is 19.5. The Hall–Kier alpha value is -1.71. The van der Waals surface area contributed by atoms with Crippen molar-refractivity contribution in [2.24, 2.45) is 5.92 Å². The predicted molar refractivity (Wildman–Crippen MR) is 263 cm³/mol. The summed E-state index contributed by atoms with van der Waals surface area (Å²) in [5.74, 6) is 1.72. The van der Waals surface area contributed by atoms with E-state index in [0.717, 1.165) is 22.6 Å². The number of thiophene rings is 4. The third kappa shape index (κ3) is 10.5. The Labute approximate surface area is 372 Å². The van der Waals surface area contributed by atoms with E-state index in [1.54, 1.807) is 25.3 Å². The summed E-state index contributed by atoms with van der Waals surface area (Å²) in [5.41, 5.74) is 1.13. The van der Waals surface area contributed by atoms with Crippen molar-refractivity contribution in [3.8, 4) is 19.5 Å². The molecule has 58 heavy (non-hydrogen) atoms. The van der Waals surface area contributed by atoms with Gasteiger partial charge in [-0.15, -0.1) is 55.4 Å². The van der Waals surface area contributed by atoms with Crippen molar-refractivity contribution in [3.63, 3.8) is 0 Å². The molecule has 6 rings (SSSR count). The molecule has 324 valence electrons. The number of hydrogen-bond acceptors (Lipinski definition) is 6. The zero-order chi connectivity index (χ0) is 42.6. The van der Waals surface area contributed by atoms with Gasteiger partial charge < -0.3 is 0 Å². The lowest BCUT2D eigenvalue weighted by Gasteiger charge is -2.39. The fourth-order valence-electron chi connectivity index (χ4n) is 8.40. The molecule has 0 saturated carbocycles. The Balaban J connectivity index is 0.00000180. The van der Waals surface area contributed by atoms with Crippen molar-refractivity contribution in [1.29, 1.82) is 0 Å². The molecule has 3 nitrogen and oxygen atoms in total. The summed E-state index contributed by atoms with van der Waals surface area (Å²) in [6.45, 7) is 26.7. The lowest BCUT2D eigenvalue weighted by atomic mass is 9.90. The molecule has 8 heteroatoms. The molecule has 2 amide bonds. The van der Waals surface area contributed by atoms with E-state index in [1.807, 2.05) is 50.4 Å². The molecule has 0 aliphatic carbocycles. The van der Waals surface area contributed by atoms with E-state index < -0.39 is 10.0 Å². The van der Waals surface area contributed by atoms with Gasteiger partial charge in [0, 0.05) is 35.8 Å². The first-order chi connectivity index (χ1) is 28.0. The Morgan fingerprint density at radius 3 is 1.88 bits per heavy atom. The van der Waals surface area contributed by atoms with E-state index in [9.17, 15) is 9.59 Å². The van der Waals surface area contributed by atoms with Gasteiger partial charge in [0.1, 0.15) is 0 Å². The number of carbonyl (C=O) groups is 2. The zero-order valence-corrected chi connectivity index (χ0v) is 42.5. The zero-order valence-electron chi connectivity index (χ0n) is 38.4. The first-order valence-electron chi connectivity index (χ1n) is 23.2. The second kappa shape index (κ2) is 22.9. The largest absolute Gasteiger partial charge is 0.274 e. The quantitative estimate of drug-likeness (QED) is 0.0618. The maximum absolute atomic E-state index is 14.4. The number of aryl methyl sites for hydroxylation is 2. The molecule has 2 atom stereocenters. The summed E-state index contributed by atoms with van der Waals surface area (Å²) >= 11 is 7.67. The Kier molecular flexibility index (Phi) is 19.4. The van der Waals surface area contributed by atoms with Crippen LogP contribution in [-0.4, -0.2) is 29.0 Å². The number of hydrogen-bond donors (Lipinski definition) is 0. The molecule has 0 spiro atoms. The van der Waals surface area contributed by atoms with Gasteiger partial charge in [-0.3, -0.25) is 14.5 Å². The highest BCUT2D eigenvalue weighted by Crippen LogP contribution is 2.80. The monoisotopic (exact) mass is 883 g/mol. The maximum Gasteiger partial charge on any atom is 0.263 e. The van der Waals surface area contributed by atoms with Crippen LogP contribution in [0.2, 0.25) is 0 Å². The molecule has 0 radical (unpaired) electrons. The molecule has 0 aromatic carbocycles. The summed E-state index contributed by atoms with van der Waals surface area (Å²) in [4.78, 5) is 42.3. The second-order valence-electron chi connectivity index (χ2n) is 16.9. The van der Waals surface area contributed by atoms with Crippen molar-refractivity contribution in [2.75, 3.05) is 12.3 Å². The van der Waals surface area contributed by atoms with E-state index in [4.69, 9.17) is 0 Å². The molecule has 6 heterocycles. The van der Waals surface area contributed by atoms with Crippen molar-refractivity contribution in [1.82, 2.24) is 4.90 Å². The van der Waals surface area contributed by atoms with Crippen molar-refractivity contribution in [3.05, 3.63) is 50.0 Å². The van der Waals surface area contributed by atoms with Crippen LogP contribution >= 0.6 is 55.4 Å². The maximum atomic E-state index is 14.4. The lowest BCUT2D eigenvalue weighted by Crippen LogP contribution is -2.31. The van der Waals surface area contributed by atoms with Crippen LogP contribution in [0.4, 0.5) is 0 Å². The van der Waals surface area contributed by atoms with Crippen molar-refractivity contribution < 1.29 is 9.59 Å². The third-order valence-electron chi connectivity index (χ3n) is 11.5. The second-order valence-corrected chi connectivity index (χ2v) is 24.7. The predicted octanol–water partition coefficient (Wildman–Crippen LogP) is 18.2. The number of imide groups is 1. The SMILES string of the molecule is CC.CC.CCCCCCCCN1C(=O)c2c(-c3cc4c(s3)-c3sc(C)cc3S4(CC(CC)CCCC)c3ccc(CCCCCCC)s3)sc(C(C)(C)C)c2C1=O. The van der Waals surface area contributed by atoms with Gasteiger partial charge in [-0.25, -0.2) is 0 Å². The summed E-state index contributed by atoms with van der Waals surface area (Å²) < 4.78 is 1.58. The van der Waals surface area contributed by atoms with Gasteiger partial charge in [-0.1, -0.05) is 153 Å². The molecule has 2 unspecified atom stereocenters. The average Bonchev–Trinajstić information content (AvgIpc) is 4.07. The van der Waals surface area contributed by atoms with E-state index >= 15 is 0 Å². The lowest BCUT2D eigenvalue weighted by molar-refractivity contribution is 0.0650. The third-order valence-corrected chi connectivity index (χ3v) is 21.9. The van der Waals surface area contributed by atoms with E-state index in [0.29, 0.717) is 23.6 Å². The fraction of sp³-hybridized carbons (Fsp3) is 0.640. The minimum Gasteiger partial charge on any atom is -0.274 e. The average molecular weight is 885 g/mol. The summed E-state index contributed by atoms with van der Waals surface area (Å²) in [7, 11) is -1.50. The van der Waals surface area contributed by atoms with Crippen LogP contribution in [0.3, 0.4) is 0 Å². The van der Waals surface area contributed by atoms with Crippen molar-refractivity contribution >= 4 is 67.2 Å². The number of carbonyl (C=O) groups excluding carboxylic acids is 2. The number of amides is 2. The topological polar surface area (TPSA) is 37.4 Å². The standard InChI is InChI=1S/C46H65NO2S5.2C2H6/c1-9-13-16-18-20-22-27-47-44(48)38-39(45(47)49)43(46(6,7)8)53-40(38)34-29-36-42(52-34)41-35(28-31(5)50-41)54(36,30-32(12-4)23-15-11-3)37-26-25-33(51-37)24-21-19-17-14-10-2;2*1-2/h25-26,28-29,32H,9-24,27,30H2,1-8H3;2*1-2H3. The Morgan fingerprint density at radius 2 is 1.24 bits per heavy atom. The minimum absolute atomic E-state index is 0.0706. The Morgan fingerprint density at radius 1 is 0.655 bits per heavy atom. The molecular weight excluding hydrogens is 807 g/mol. The van der Waals surface area contributed by atoms with Gasteiger partial charge in [0.25, 0.3) is 11.8 Å². The smallest absolute Gasteiger partial charge is 0.263 e. The molecule has 0 bridgehead atoms. The highest BCUT2D eigenvalue weighted by molar-refractivity contribution is 8.35. The molecule has 0 N–H and O–H groups in total. The van der Waals surface area contributed by atoms with Gasteiger partial charge >= 0.3 is 0 Å². The Bertz CT molecular complexity index is 1900. The number of rotatable bonds is 21. The van der Waals surface area contributed by atoms with Gasteiger partial charge in [-0.05, 0) is 74.0 Å². The van der Waals surface area contributed by atoms with Crippen LogP contribution in [0.5, 0.6) is 0 Å². The first kappa shape index (κ1) is 49.0. The normalized spacial score (nSPS) is 17.3. The van der Waals surface area contributed by atoms with Gasteiger partial charge in [-0.2, -0.15) is 0 Å². The highest BCUT2D eigenvalue weighted by Gasteiger charge is 2.48. The van der Waals surface area contributed by atoms with Gasteiger partial charge in [0.05, 0.1) is 30.0 Å².